The second-order valence-electron chi connectivity index (χ2n) is 3.58. The first-order valence-electron chi connectivity index (χ1n) is 5.01. The van der Waals surface area contributed by atoms with Crippen molar-refractivity contribution in [1.29, 1.82) is 0 Å². The maximum absolute atomic E-state index is 5.79. The van der Waals surface area contributed by atoms with Gasteiger partial charge in [-0.1, -0.05) is 16.8 Å². The number of hydrogen-bond donors (Lipinski definition) is 2. The summed E-state index contributed by atoms with van der Waals surface area (Å²) in [6, 6.07) is 0. The molecule has 7 heteroatoms. The summed E-state index contributed by atoms with van der Waals surface area (Å²) < 4.78 is 5.06. The molecule has 90 valence electrons. The van der Waals surface area contributed by atoms with Gasteiger partial charge in [-0.3, -0.25) is 0 Å². The Labute approximate surface area is 103 Å². The number of halogens is 1. The van der Waals surface area contributed by atoms with Crippen LogP contribution in [-0.4, -0.2) is 15.1 Å². The molecule has 6 nitrogen and oxygen atoms in total. The third-order valence-electron chi connectivity index (χ3n) is 2.45. The Bertz CT molecular complexity index is 520. The maximum atomic E-state index is 5.79. The molecule has 0 bridgehead atoms. The van der Waals surface area contributed by atoms with Gasteiger partial charge in [-0.05, 0) is 13.8 Å². The standard InChI is InChI=1S/C10H12ClN5O/c1-5-7(6(2)17-16-5)3-13-10-8(12)9(11)14-4-15-10/h4H,3,12H2,1-2H3,(H,13,14,15). The lowest BCUT2D eigenvalue weighted by atomic mass is 10.2. The first-order chi connectivity index (χ1) is 8.09. The molecule has 0 spiro atoms. The summed E-state index contributed by atoms with van der Waals surface area (Å²) in [7, 11) is 0. The van der Waals surface area contributed by atoms with Crippen molar-refractivity contribution in [3.8, 4) is 0 Å². The Morgan fingerprint density at radius 1 is 1.41 bits per heavy atom. The summed E-state index contributed by atoms with van der Waals surface area (Å²) in [5.41, 5.74) is 7.90. The zero-order valence-electron chi connectivity index (χ0n) is 9.49. The van der Waals surface area contributed by atoms with E-state index in [1.54, 1.807) is 0 Å². The van der Waals surface area contributed by atoms with E-state index in [2.05, 4.69) is 20.4 Å². The molecule has 3 N–H and O–H groups in total. The monoisotopic (exact) mass is 253 g/mol. The van der Waals surface area contributed by atoms with Crippen LogP contribution >= 0.6 is 11.6 Å². The fourth-order valence-electron chi connectivity index (χ4n) is 1.44. The van der Waals surface area contributed by atoms with Crippen LogP contribution in [0.1, 0.15) is 17.0 Å². The van der Waals surface area contributed by atoms with Gasteiger partial charge >= 0.3 is 0 Å². The number of nitrogens with two attached hydrogens (primary N) is 1. The van der Waals surface area contributed by atoms with Crippen LogP contribution in [-0.2, 0) is 6.54 Å². The summed E-state index contributed by atoms with van der Waals surface area (Å²) in [5.74, 6) is 1.28. The smallest absolute Gasteiger partial charge is 0.157 e. The number of nitrogen functional groups attached to an aromatic ring is 1. The van der Waals surface area contributed by atoms with E-state index < -0.39 is 0 Å². The molecule has 0 aromatic carbocycles. The number of aromatic nitrogens is 3. The third-order valence-corrected chi connectivity index (χ3v) is 2.75. The van der Waals surface area contributed by atoms with E-state index in [1.807, 2.05) is 13.8 Å². The highest BCUT2D eigenvalue weighted by atomic mass is 35.5. The van der Waals surface area contributed by atoms with Crippen molar-refractivity contribution in [2.45, 2.75) is 20.4 Å². The van der Waals surface area contributed by atoms with Gasteiger partial charge in [0, 0.05) is 12.1 Å². The van der Waals surface area contributed by atoms with Crippen LogP contribution in [0.3, 0.4) is 0 Å². The topological polar surface area (TPSA) is 89.9 Å². The van der Waals surface area contributed by atoms with E-state index in [1.165, 1.54) is 6.33 Å². The van der Waals surface area contributed by atoms with Crippen LogP contribution in [0.25, 0.3) is 0 Å². The lowest BCUT2D eigenvalue weighted by Gasteiger charge is -2.07. The Morgan fingerprint density at radius 2 is 2.18 bits per heavy atom. The van der Waals surface area contributed by atoms with Gasteiger partial charge < -0.3 is 15.6 Å². The molecular weight excluding hydrogens is 242 g/mol. The van der Waals surface area contributed by atoms with Crippen molar-refractivity contribution in [2.24, 2.45) is 0 Å². The van der Waals surface area contributed by atoms with Crippen molar-refractivity contribution in [1.82, 2.24) is 15.1 Å². The summed E-state index contributed by atoms with van der Waals surface area (Å²) in [6.07, 6.45) is 1.36. The number of aryl methyl sites for hydroxylation is 2. The molecule has 0 radical (unpaired) electrons. The highest BCUT2D eigenvalue weighted by Gasteiger charge is 2.10. The summed E-state index contributed by atoms with van der Waals surface area (Å²) in [5, 5.41) is 7.18. The minimum Gasteiger partial charge on any atom is -0.393 e. The predicted octanol–water partition coefficient (Wildman–Crippen LogP) is 1.93. The quantitative estimate of drug-likeness (QED) is 0.813. The summed E-state index contributed by atoms with van der Waals surface area (Å²) in [6.45, 7) is 4.26. The van der Waals surface area contributed by atoms with E-state index >= 15 is 0 Å². The first-order valence-corrected chi connectivity index (χ1v) is 5.39. The predicted molar refractivity (Wildman–Crippen MR) is 64.8 cm³/mol. The van der Waals surface area contributed by atoms with E-state index in [0.717, 1.165) is 17.0 Å². The lowest BCUT2D eigenvalue weighted by Crippen LogP contribution is -2.06. The second-order valence-corrected chi connectivity index (χ2v) is 3.94. The average Bonchev–Trinajstić information content (AvgIpc) is 2.62. The lowest BCUT2D eigenvalue weighted by molar-refractivity contribution is 0.392. The van der Waals surface area contributed by atoms with Crippen LogP contribution in [0.5, 0.6) is 0 Å². The normalized spacial score (nSPS) is 10.5. The minimum absolute atomic E-state index is 0.237. The maximum Gasteiger partial charge on any atom is 0.157 e. The van der Waals surface area contributed by atoms with Crippen LogP contribution in [0.2, 0.25) is 5.15 Å². The molecule has 2 heterocycles. The second kappa shape index (κ2) is 4.58. The number of hydrogen-bond acceptors (Lipinski definition) is 6. The zero-order valence-corrected chi connectivity index (χ0v) is 10.2. The van der Waals surface area contributed by atoms with E-state index in [4.69, 9.17) is 21.9 Å². The fourth-order valence-corrected chi connectivity index (χ4v) is 1.57. The largest absolute Gasteiger partial charge is 0.393 e. The van der Waals surface area contributed by atoms with Gasteiger partial charge in [-0.15, -0.1) is 0 Å². The van der Waals surface area contributed by atoms with Crippen molar-refractivity contribution in [2.75, 3.05) is 11.1 Å². The van der Waals surface area contributed by atoms with Crippen molar-refractivity contribution in [3.05, 3.63) is 28.5 Å². The Hall–Kier alpha value is -1.82. The van der Waals surface area contributed by atoms with Gasteiger partial charge in [-0.2, -0.15) is 0 Å². The van der Waals surface area contributed by atoms with Crippen LogP contribution < -0.4 is 11.1 Å². The Kier molecular flexibility index (Phi) is 3.14. The van der Waals surface area contributed by atoms with Gasteiger partial charge in [0.2, 0.25) is 0 Å². The molecule has 0 aliphatic heterocycles. The SMILES string of the molecule is Cc1noc(C)c1CNc1ncnc(Cl)c1N. The number of nitrogens with one attached hydrogen (secondary N) is 1. The summed E-state index contributed by atoms with van der Waals surface area (Å²) in [4.78, 5) is 7.79. The molecule has 2 aromatic heterocycles. The molecule has 0 unspecified atom stereocenters. The van der Waals surface area contributed by atoms with Gasteiger partial charge in [0.25, 0.3) is 0 Å². The number of rotatable bonds is 3. The first kappa shape index (κ1) is 11.7. The zero-order chi connectivity index (χ0) is 12.4. The molecule has 17 heavy (non-hydrogen) atoms. The molecule has 0 aliphatic rings. The minimum atomic E-state index is 0.237. The highest BCUT2D eigenvalue weighted by Crippen LogP contribution is 2.23. The van der Waals surface area contributed by atoms with Gasteiger partial charge in [0.1, 0.15) is 17.8 Å². The van der Waals surface area contributed by atoms with E-state index in [-0.39, 0.29) is 5.15 Å². The fraction of sp³-hybridized carbons (Fsp3) is 0.300. The van der Waals surface area contributed by atoms with Gasteiger partial charge in [0.05, 0.1) is 5.69 Å². The highest BCUT2D eigenvalue weighted by molar-refractivity contribution is 6.32. The number of nitrogens with zero attached hydrogens (tertiary/aromatic N) is 3. The molecule has 0 amide bonds. The van der Waals surface area contributed by atoms with Gasteiger partial charge in [0.15, 0.2) is 11.0 Å². The molecule has 2 aromatic rings. The molecule has 0 saturated heterocycles. The van der Waals surface area contributed by atoms with Crippen molar-refractivity contribution < 1.29 is 4.52 Å². The van der Waals surface area contributed by atoms with Crippen molar-refractivity contribution in [3.63, 3.8) is 0 Å². The van der Waals surface area contributed by atoms with Gasteiger partial charge in [-0.25, -0.2) is 9.97 Å². The van der Waals surface area contributed by atoms with Crippen LogP contribution in [0.15, 0.2) is 10.9 Å². The molecule has 0 atom stereocenters. The molecule has 0 aliphatic carbocycles. The third kappa shape index (κ3) is 2.31. The van der Waals surface area contributed by atoms with E-state index in [9.17, 15) is 0 Å². The average molecular weight is 254 g/mol. The number of anilines is 2. The molecule has 0 saturated carbocycles. The molecule has 0 fully saturated rings. The van der Waals surface area contributed by atoms with Crippen LogP contribution in [0.4, 0.5) is 11.5 Å². The van der Waals surface area contributed by atoms with E-state index in [0.29, 0.717) is 18.1 Å². The summed E-state index contributed by atoms with van der Waals surface area (Å²) >= 11 is 5.79. The molecule has 2 rings (SSSR count). The van der Waals surface area contributed by atoms with Crippen molar-refractivity contribution >= 4 is 23.1 Å². The Morgan fingerprint density at radius 3 is 2.82 bits per heavy atom. The molecular formula is C10H12ClN5O. The van der Waals surface area contributed by atoms with Crippen LogP contribution in [0, 0.1) is 13.8 Å². The Balaban J connectivity index is 2.15.